The van der Waals surface area contributed by atoms with Gasteiger partial charge in [0.05, 0.1) is 0 Å². The lowest BCUT2D eigenvalue weighted by atomic mass is 10.1. The second-order valence-corrected chi connectivity index (χ2v) is 5.28. The van der Waals surface area contributed by atoms with E-state index in [9.17, 15) is 0 Å². The molecule has 2 heteroatoms. The van der Waals surface area contributed by atoms with Crippen molar-refractivity contribution < 1.29 is 0 Å². The van der Waals surface area contributed by atoms with Gasteiger partial charge in [0.1, 0.15) is 0 Å². The molecule has 0 heterocycles. The average Bonchev–Trinajstić information content (AvgIpc) is 3.20. The van der Waals surface area contributed by atoms with Crippen LogP contribution in [0.5, 0.6) is 0 Å². The van der Waals surface area contributed by atoms with E-state index in [2.05, 4.69) is 55.0 Å². The highest BCUT2D eigenvalue weighted by molar-refractivity contribution is 5.48. The molecule has 0 aromatic heterocycles. The zero-order valence-corrected chi connectivity index (χ0v) is 11.6. The van der Waals surface area contributed by atoms with Crippen LogP contribution in [0.2, 0.25) is 0 Å². The molecule has 0 amide bonds. The van der Waals surface area contributed by atoms with E-state index in [4.69, 9.17) is 0 Å². The van der Waals surface area contributed by atoms with Gasteiger partial charge >= 0.3 is 0 Å². The fourth-order valence-electron chi connectivity index (χ4n) is 2.04. The fraction of sp³-hybridized carbons (Fsp3) is 0.500. The van der Waals surface area contributed by atoms with Crippen LogP contribution in [0.25, 0.3) is 0 Å². The zero-order valence-electron chi connectivity index (χ0n) is 11.6. The average molecular weight is 244 g/mol. The summed E-state index contributed by atoms with van der Waals surface area (Å²) in [4.78, 5) is 2.26. The second-order valence-electron chi connectivity index (χ2n) is 5.28. The summed E-state index contributed by atoms with van der Waals surface area (Å²) in [6, 6.07) is 9.56. The summed E-state index contributed by atoms with van der Waals surface area (Å²) in [5.74, 6) is 0. The standard InChI is InChI=1S/C16H24N2/c1-4-14-5-9-16(10-6-14)18(3)12-13(2)11-17-15-7-8-15/h5-6,9-10,15,17H,2,4,7-8,11-12H2,1,3H3. The molecule has 1 aromatic carbocycles. The Labute approximate surface area is 111 Å². The predicted molar refractivity (Wildman–Crippen MR) is 79.3 cm³/mol. The highest BCUT2D eigenvalue weighted by Crippen LogP contribution is 2.19. The van der Waals surface area contributed by atoms with Crippen molar-refractivity contribution >= 4 is 5.69 Å². The molecule has 1 aliphatic carbocycles. The molecular weight excluding hydrogens is 220 g/mol. The number of anilines is 1. The summed E-state index contributed by atoms with van der Waals surface area (Å²) in [7, 11) is 2.13. The van der Waals surface area contributed by atoms with Crippen molar-refractivity contribution in [1.82, 2.24) is 5.32 Å². The largest absolute Gasteiger partial charge is 0.371 e. The Kier molecular flexibility index (Phi) is 4.43. The van der Waals surface area contributed by atoms with E-state index in [1.807, 2.05) is 0 Å². The third-order valence-electron chi connectivity index (χ3n) is 3.46. The van der Waals surface area contributed by atoms with E-state index >= 15 is 0 Å². The van der Waals surface area contributed by atoms with Gasteiger partial charge in [0.25, 0.3) is 0 Å². The summed E-state index contributed by atoms with van der Waals surface area (Å²) < 4.78 is 0. The van der Waals surface area contributed by atoms with Crippen LogP contribution >= 0.6 is 0 Å². The third kappa shape index (κ3) is 3.88. The number of nitrogens with zero attached hydrogens (tertiary/aromatic N) is 1. The van der Waals surface area contributed by atoms with Crippen molar-refractivity contribution in [3.63, 3.8) is 0 Å². The van der Waals surface area contributed by atoms with Crippen molar-refractivity contribution in [2.45, 2.75) is 32.2 Å². The Hall–Kier alpha value is -1.28. The fourth-order valence-corrected chi connectivity index (χ4v) is 2.04. The molecule has 1 fully saturated rings. The number of rotatable bonds is 7. The van der Waals surface area contributed by atoms with Gasteiger partial charge < -0.3 is 10.2 Å². The van der Waals surface area contributed by atoms with Crippen LogP contribution in [-0.4, -0.2) is 26.2 Å². The molecule has 0 atom stereocenters. The van der Waals surface area contributed by atoms with E-state index in [1.165, 1.54) is 29.7 Å². The van der Waals surface area contributed by atoms with Gasteiger partial charge in [0, 0.05) is 31.9 Å². The van der Waals surface area contributed by atoms with Gasteiger partial charge in [-0.15, -0.1) is 0 Å². The van der Waals surface area contributed by atoms with Crippen LogP contribution in [0.15, 0.2) is 36.4 Å². The molecule has 0 unspecified atom stereocenters. The first-order chi connectivity index (χ1) is 8.69. The Morgan fingerprint density at radius 1 is 1.33 bits per heavy atom. The van der Waals surface area contributed by atoms with Gasteiger partial charge in [0.15, 0.2) is 0 Å². The lowest BCUT2D eigenvalue weighted by molar-refractivity contribution is 0.722. The highest BCUT2D eigenvalue weighted by Gasteiger charge is 2.20. The highest BCUT2D eigenvalue weighted by atomic mass is 15.1. The lowest BCUT2D eigenvalue weighted by Gasteiger charge is -2.21. The summed E-state index contributed by atoms with van der Waals surface area (Å²) in [5, 5.41) is 3.51. The first kappa shape index (κ1) is 13.2. The monoisotopic (exact) mass is 244 g/mol. The quantitative estimate of drug-likeness (QED) is 0.742. The summed E-state index contributed by atoms with van der Waals surface area (Å²) >= 11 is 0. The minimum absolute atomic E-state index is 0.760. The topological polar surface area (TPSA) is 15.3 Å². The Bertz CT molecular complexity index is 390. The summed E-state index contributed by atoms with van der Waals surface area (Å²) in [6.45, 7) is 8.20. The Morgan fingerprint density at radius 2 is 2.00 bits per heavy atom. The molecule has 1 N–H and O–H groups in total. The normalized spacial score (nSPS) is 14.6. The molecule has 0 saturated heterocycles. The van der Waals surface area contributed by atoms with E-state index in [1.54, 1.807) is 0 Å². The molecule has 0 aliphatic heterocycles. The molecule has 2 nitrogen and oxygen atoms in total. The molecule has 0 radical (unpaired) electrons. The lowest BCUT2D eigenvalue weighted by Crippen LogP contribution is -2.26. The van der Waals surface area contributed by atoms with E-state index in [0.717, 1.165) is 25.6 Å². The van der Waals surface area contributed by atoms with Crippen molar-refractivity contribution in [1.29, 1.82) is 0 Å². The van der Waals surface area contributed by atoms with E-state index in [0.29, 0.717) is 0 Å². The Morgan fingerprint density at radius 3 is 2.56 bits per heavy atom. The predicted octanol–water partition coefficient (Wildman–Crippen LogP) is 2.99. The molecule has 0 spiro atoms. The van der Waals surface area contributed by atoms with Crippen LogP contribution in [0.1, 0.15) is 25.3 Å². The number of hydrogen-bond acceptors (Lipinski definition) is 2. The van der Waals surface area contributed by atoms with E-state index in [-0.39, 0.29) is 0 Å². The number of benzene rings is 1. The maximum atomic E-state index is 4.15. The summed E-state index contributed by atoms with van der Waals surface area (Å²) in [5.41, 5.74) is 3.91. The van der Waals surface area contributed by atoms with Gasteiger partial charge in [-0.1, -0.05) is 25.6 Å². The Balaban J connectivity index is 1.81. The van der Waals surface area contributed by atoms with Crippen LogP contribution in [-0.2, 0) is 6.42 Å². The number of likely N-dealkylation sites (N-methyl/N-ethyl adjacent to an activating group) is 1. The maximum absolute atomic E-state index is 4.15. The number of nitrogens with one attached hydrogen (secondary N) is 1. The van der Waals surface area contributed by atoms with Crippen molar-refractivity contribution in [2.75, 3.05) is 25.0 Å². The first-order valence-corrected chi connectivity index (χ1v) is 6.89. The van der Waals surface area contributed by atoms with Crippen LogP contribution in [0.4, 0.5) is 5.69 Å². The second kappa shape index (κ2) is 6.05. The molecule has 0 bridgehead atoms. The smallest absolute Gasteiger partial charge is 0.0395 e. The van der Waals surface area contributed by atoms with Gasteiger partial charge in [-0.25, -0.2) is 0 Å². The van der Waals surface area contributed by atoms with Crippen molar-refractivity contribution in [3.8, 4) is 0 Å². The molecule has 1 saturated carbocycles. The van der Waals surface area contributed by atoms with Gasteiger partial charge in [0.2, 0.25) is 0 Å². The third-order valence-corrected chi connectivity index (χ3v) is 3.46. The molecule has 1 aromatic rings. The molecule has 1 aliphatic rings. The minimum Gasteiger partial charge on any atom is -0.371 e. The number of hydrogen-bond donors (Lipinski definition) is 1. The molecular formula is C16H24N2. The van der Waals surface area contributed by atoms with Gasteiger partial charge in [-0.05, 0) is 42.5 Å². The molecule has 98 valence electrons. The van der Waals surface area contributed by atoms with Crippen molar-refractivity contribution in [3.05, 3.63) is 42.0 Å². The maximum Gasteiger partial charge on any atom is 0.0395 e. The van der Waals surface area contributed by atoms with Crippen molar-refractivity contribution in [2.24, 2.45) is 0 Å². The number of aryl methyl sites for hydroxylation is 1. The van der Waals surface area contributed by atoms with Gasteiger partial charge in [-0.2, -0.15) is 0 Å². The minimum atomic E-state index is 0.760. The SMILES string of the molecule is C=C(CNC1CC1)CN(C)c1ccc(CC)cc1. The van der Waals surface area contributed by atoms with Crippen LogP contribution in [0, 0.1) is 0 Å². The van der Waals surface area contributed by atoms with Gasteiger partial charge in [-0.3, -0.25) is 0 Å². The van der Waals surface area contributed by atoms with Crippen LogP contribution < -0.4 is 10.2 Å². The van der Waals surface area contributed by atoms with Crippen LogP contribution in [0.3, 0.4) is 0 Å². The first-order valence-electron chi connectivity index (χ1n) is 6.89. The summed E-state index contributed by atoms with van der Waals surface area (Å²) in [6.07, 6.45) is 3.77. The zero-order chi connectivity index (χ0) is 13.0. The molecule has 2 rings (SSSR count). The van der Waals surface area contributed by atoms with E-state index < -0.39 is 0 Å². The molecule has 18 heavy (non-hydrogen) atoms.